The molecule has 0 atom stereocenters. The first kappa shape index (κ1) is 11.4. The number of aromatic nitrogens is 3. The molecule has 5 nitrogen and oxygen atoms in total. The minimum absolute atomic E-state index is 0.791. The molecule has 0 spiro atoms. The number of rotatable bonds is 5. The fourth-order valence-corrected chi connectivity index (χ4v) is 1.67. The summed E-state index contributed by atoms with van der Waals surface area (Å²) in [6.45, 7) is 0.847. The van der Waals surface area contributed by atoms with Crippen LogP contribution < -0.4 is 10.6 Å². The summed E-state index contributed by atoms with van der Waals surface area (Å²) in [6.07, 6.45) is 0.847. The molecule has 2 rings (SSSR count). The number of nitrogens with one attached hydrogen (secondary N) is 2. The molecule has 1 aromatic carbocycles. The Hall–Kier alpha value is -2.04. The van der Waals surface area contributed by atoms with Gasteiger partial charge in [0.15, 0.2) is 0 Å². The van der Waals surface area contributed by atoms with E-state index in [2.05, 4.69) is 33.0 Å². The Morgan fingerprint density at radius 2 is 1.94 bits per heavy atom. The Balaban J connectivity index is 1.88. The number of benzene rings is 1. The molecule has 2 N–H and O–H groups in total. The zero-order valence-corrected chi connectivity index (χ0v) is 10.1. The third-order valence-corrected chi connectivity index (χ3v) is 2.64. The number of para-hydroxylation sites is 1. The Bertz CT molecular complexity index is 463. The number of hydrogen-bond acceptors (Lipinski definition) is 4. The van der Waals surface area contributed by atoms with Gasteiger partial charge in [0.25, 0.3) is 0 Å². The second-order valence-corrected chi connectivity index (χ2v) is 3.79. The molecule has 1 aromatic heterocycles. The highest BCUT2D eigenvalue weighted by molar-refractivity contribution is 5.42. The molecule has 1 heterocycles. The van der Waals surface area contributed by atoms with E-state index in [1.54, 1.807) is 0 Å². The summed E-state index contributed by atoms with van der Waals surface area (Å²) >= 11 is 0. The smallest absolute Gasteiger partial charge is 0.224 e. The summed E-state index contributed by atoms with van der Waals surface area (Å²) in [5.41, 5.74) is 1.13. The van der Waals surface area contributed by atoms with Gasteiger partial charge in [-0.15, -0.1) is 10.2 Å². The van der Waals surface area contributed by atoms with Crippen molar-refractivity contribution in [2.45, 2.75) is 6.42 Å². The zero-order chi connectivity index (χ0) is 12.1. The van der Waals surface area contributed by atoms with E-state index in [1.807, 2.05) is 36.9 Å². The van der Waals surface area contributed by atoms with Crippen LogP contribution >= 0.6 is 0 Å². The summed E-state index contributed by atoms with van der Waals surface area (Å²) in [5, 5.41) is 14.5. The summed E-state index contributed by atoms with van der Waals surface area (Å²) in [7, 11) is 3.81. The minimum atomic E-state index is 0.791. The topological polar surface area (TPSA) is 54.8 Å². The lowest BCUT2D eigenvalue weighted by Crippen LogP contribution is -2.09. The fraction of sp³-hybridized carbons (Fsp3) is 0.333. The first-order valence-corrected chi connectivity index (χ1v) is 5.66. The van der Waals surface area contributed by atoms with Crippen LogP contribution in [0.5, 0.6) is 0 Å². The standard InChI is InChI=1S/C12H17N5/c1-13-12-16-15-11(17(12)2)8-9-14-10-6-4-3-5-7-10/h3-7,14H,8-9H2,1-2H3,(H,13,16). The Kier molecular flexibility index (Phi) is 3.59. The first-order chi connectivity index (χ1) is 8.31. The van der Waals surface area contributed by atoms with Crippen LogP contribution in [0.4, 0.5) is 11.6 Å². The number of anilines is 2. The van der Waals surface area contributed by atoms with Gasteiger partial charge in [0.05, 0.1) is 0 Å². The van der Waals surface area contributed by atoms with Gasteiger partial charge < -0.3 is 15.2 Å². The van der Waals surface area contributed by atoms with Gasteiger partial charge in [0.1, 0.15) is 5.82 Å². The second kappa shape index (κ2) is 5.34. The summed E-state index contributed by atoms with van der Waals surface area (Å²) in [5.74, 6) is 1.76. The van der Waals surface area contributed by atoms with E-state index in [0.29, 0.717) is 0 Å². The van der Waals surface area contributed by atoms with Gasteiger partial charge in [0.2, 0.25) is 5.95 Å². The van der Waals surface area contributed by atoms with Crippen LogP contribution in [0.1, 0.15) is 5.82 Å². The van der Waals surface area contributed by atoms with E-state index in [9.17, 15) is 0 Å². The highest BCUT2D eigenvalue weighted by atomic mass is 15.3. The molecule has 0 saturated heterocycles. The molecule has 0 fully saturated rings. The maximum absolute atomic E-state index is 4.13. The summed E-state index contributed by atoms with van der Waals surface area (Å²) in [4.78, 5) is 0. The molecule has 5 heteroatoms. The molecular formula is C12H17N5. The molecular weight excluding hydrogens is 214 g/mol. The SMILES string of the molecule is CNc1nnc(CCNc2ccccc2)n1C. The molecule has 0 saturated carbocycles. The molecule has 0 amide bonds. The molecule has 0 aliphatic carbocycles. The highest BCUT2D eigenvalue weighted by Gasteiger charge is 2.05. The minimum Gasteiger partial charge on any atom is -0.385 e. The lowest BCUT2D eigenvalue weighted by molar-refractivity contribution is 0.792. The molecule has 17 heavy (non-hydrogen) atoms. The molecule has 2 aromatic rings. The van der Waals surface area contributed by atoms with E-state index in [0.717, 1.165) is 30.4 Å². The summed E-state index contributed by atoms with van der Waals surface area (Å²) in [6, 6.07) is 10.1. The molecule has 0 bridgehead atoms. The Morgan fingerprint density at radius 1 is 1.18 bits per heavy atom. The largest absolute Gasteiger partial charge is 0.385 e. The van der Waals surface area contributed by atoms with Gasteiger partial charge in [0, 0.05) is 32.7 Å². The summed E-state index contributed by atoms with van der Waals surface area (Å²) < 4.78 is 1.96. The van der Waals surface area contributed by atoms with Crippen molar-refractivity contribution in [3.05, 3.63) is 36.2 Å². The molecule has 90 valence electrons. The Morgan fingerprint density at radius 3 is 2.59 bits per heavy atom. The van der Waals surface area contributed by atoms with Crippen LogP contribution in [0, 0.1) is 0 Å². The molecule has 0 aliphatic rings. The average Bonchev–Trinajstić information content (AvgIpc) is 2.72. The van der Waals surface area contributed by atoms with E-state index in [-0.39, 0.29) is 0 Å². The normalized spacial score (nSPS) is 10.2. The molecule has 0 unspecified atom stereocenters. The van der Waals surface area contributed by atoms with Crippen LogP contribution in [0.3, 0.4) is 0 Å². The van der Waals surface area contributed by atoms with Crippen molar-refractivity contribution in [1.82, 2.24) is 14.8 Å². The van der Waals surface area contributed by atoms with Crippen LogP contribution in [0.2, 0.25) is 0 Å². The van der Waals surface area contributed by atoms with Crippen LogP contribution in [0.25, 0.3) is 0 Å². The van der Waals surface area contributed by atoms with Crippen molar-refractivity contribution >= 4 is 11.6 Å². The van der Waals surface area contributed by atoms with Crippen molar-refractivity contribution in [2.24, 2.45) is 7.05 Å². The van der Waals surface area contributed by atoms with Crippen LogP contribution in [0.15, 0.2) is 30.3 Å². The molecule has 0 radical (unpaired) electrons. The third kappa shape index (κ3) is 2.75. The van der Waals surface area contributed by atoms with Gasteiger partial charge in [-0.3, -0.25) is 0 Å². The van der Waals surface area contributed by atoms with Gasteiger partial charge in [-0.1, -0.05) is 18.2 Å². The average molecular weight is 231 g/mol. The van der Waals surface area contributed by atoms with E-state index in [1.165, 1.54) is 0 Å². The van der Waals surface area contributed by atoms with Crippen molar-refractivity contribution in [1.29, 1.82) is 0 Å². The monoisotopic (exact) mass is 231 g/mol. The quantitative estimate of drug-likeness (QED) is 0.819. The van der Waals surface area contributed by atoms with Crippen LogP contribution in [-0.4, -0.2) is 28.4 Å². The lowest BCUT2D eigenvalue weighted by atomic mass is 10.3. The fourth-order valence-electron chi connectivity index (χ4n) is 1.67. The number of nitrogens with zero attached hydrogens (tertiary/aromatic N) is 3. The lowest BCUT2D eigenvalue weighted by Gasteiger charge is -2.06. The van der Waals surface area contributed by atoms with Gasteiger partial charge in [-0.25, -0.2) is 0 Å². The van der Waals surface area contributed by atoms with E-state index < -0.39 is 0 Å². The molecule has 0 aliphatic heterocycles. The van der Waals surface area contributed by atoms with E-state index in [4.69, 9.17) is 0 Å². The second-order valence-electron chi connectivity index (χ2n) is 3.79. The van der Waals surface area contributed by atoms with E-state index >= 15 is 0 Å². The van der Waals surface area contributed by atoms with Crippen molar-refractivity contribution in [2.75, 3.05) is 24.2 Å². The van der Waals surface area contributed by atoms with Crippen LogP contribution in [-0.2, 0) is 13.5 Å². The van der Waals surface area contributed by atoms with Gasteiger partial charge in [-0.05, 0) is 12.1 Å². The third-order valence-electron chi connectivity index (χ3n) is 2.64. The Labute approximate surface area is 101 Å². The maximum Gasteiger partial charge on any atom is 0.224 e. The van der Waals surface area contributed by atoms with Gasteiger partial charge in [-0.2, -0.15) is 0 Å². The highest BCUT2D eigenvalue weighted by Crippen LogP contribution is 2.07. The predicted molar refractivity (Wildman–Crippen MR) is 69.2 cm³/mol. The van der Waals surface area contributed by atoms with Crippen molar-refractivity contribution < 1.29 is 0 Å². The number of hydrogen-bond donors (Lipinski definition) is 2. The van der Waals surface area contributed by atoms with Crippen molar-refractivity contribution in [3.63, 3.8) is 0 Å². The maximum atomic E-state index is 4.13. The van der Waals surface area contributed by atoms with Crippen molar-refractivity contribution in [3.8, 4) is 0 Å². The van der Waals surface area contributed by atoms with Gasteiger partial charge >= 0.3 is 0 Å². The zero-order valence-electron chi connectivity index (χ0n) is 10.1. The first-order valence-electron chi connectivity index (χ1n) is 5.66. The predicted octanol–water partition coefficient (Wildman–Crippen LogP) is 1.51.